The molecule has 9 heteroatoms. The van der Waals surface area contributed by atoms with Crippen LogP contribution >= 0.6 is 0 Å². The second kappa shape index (κ2) is 7.21. The Morgan fingerprint density at radius 2 is 2.23 bits per heavy atom. The minimum atomic E-state index is -3.88. The van der Waals surface area contributed by atoms with E-state index in [1.54, 1.807) is 6.92 Å². The highest BCUT2D eigenvalue weighted by Crippen LogP contribution is 2.25. The molecule has 2 rings (SSSR count). The quantitative estimate of drug-likeness (QED) is 0.647. The van der Waals surface area contributed by atoms with Crippen molar-refractivity contribution in [3.8, 4) is 0 Å². The van der Waals surface area contributed by atoms with Crippen LogP contribution in [-0.2, 0) is 14.8 Å². The second-order valence-electron chi connectivity index (χ2n) is 5.34. The van der Waals surface area contributed by atoms with Crippen molar-refractivity contribution in [3.63, 3.8) is 0 Å². The predicted molar refractivity (Wildman–Crippen MR) is 79.7 cm³/mol. The molecule has 0 bridgehead atoms. The van der Waals surface area contributed by atoms with Gasteiger partial charge in [-0.1, -0.05) is 12.8 Å². The van der Waals surface area contributed by atoms with Crippen LogP contribution in [0.3, 0.4) is 0 Å². The zero-order valence-corrected chi connectivity index (χ0v) is 13.4. The van der Waals surface area contributed by atoms with Crippen LogP contribution in [0, 0.1) is 5.92 Å². The number of hydrogen-bond donors (Lipinski definition) is 3. The third-order valence-electron chi connectivity index (χ3n) is 3.89. The van der Waals surface area contributed by atoms with Crippen molar-refractivity contribution in [2.45, 2.75) is 43.7 Å². The number of carbonyl (C=O) groups excluding carboxylic acids is 1. The number of ether oxygens (including phenoxy) is 1. The molecular weight excluding hydrogens is 308 g/mol. The van der Waals surface area contributed by atoms with E-state index < -0.39 is 16.0 Å². The van der Waals surface area contributed by atoms with E-state index in [1.165, 1.54) is 0 Å². The fourth-order valence-corrected chi connectivity index (χ4v) is 4.16. The van der Waals surface area contributed by atoms with E-state index >= 15 is 0 Å². The lowest BCUT2D eigenvalue weighted by molar-refractivity contribution is 0.0521. The molecule has 0 spiro atoms. The summed E-state index contributed by atoms with van der Waals surface area (Å²) >= 11 is 0. The van der Waals surface area contributed by atoms with E-state index in [0.717, 1.165) is 31.9 Å². The summed E-state index contributed by atoms with van der Waals surface area (Å²) in [6.07, 6.45) is 4.81. The van der Waals surface area contributed by atoms with Crippen molar-refractivity contribution >= 4 is 16.0 Å². The maximum atomic E-state index is 12.5. The number of rotatable bonds is 6. The summed E-state index contributed by atoms with van der Waals surface area (Å²) in [5, 5.41) is 5.77. The number of nitrogens with two attached hydrogens (primary N) is 1. The number of nitrogens with zero attached hydrogens (tertiary/aromatic N) is 1. The van der Waals surface area contributed by atoms with E-state index in [4.69, 9.17) is 10.5 Å². The summed E-state index contributed by atoms with van der Waals surface area (Å²) in [5.41, 5.74) is 5.63. The molecule has 2 unspecified atom stereocenters. The Labute approximate surface area is 129 Å². The summed E-state index contributed by atoms with van der Waals surface area (Å²) in [6.45, 7) is 2.24. The summed E-state index contributed by atoms with van der Waals surface area (Å²) in [5.74, 6) is -0.604. The molecule has 1 aromatic rings. The Bertz CT molecular complexity index is 613. The lowest BCUT2D eigenvalue weighted by atomic mass is 9.85. The van der Waals surface area contributed by atoms with Crippen LogP contribution < -0.4 is 10.5 Å². The van der Waals surface area contributed by atoms with E-state index in [9.17, 15) is 13.2 Å². The number of hydrogen-bond acceptors (Lipinski definition) is 6. The van der Waals surface area contributed by atoms with Crippen molar-refractivity contribution in [1.82, 2.24) is 14.9 Å². The van der Waals surface area contributed by atoms with Gasteiger partial charge in [0.2, 0.25) is 0 Å². The van der Waals surface area contributed by atoms with E-state index in [1.807, 2.05) is 0 Å². The third-order valence-corrected chi connectivity index (χ3v) is 5.35. The number of carbonyl (C=O) groups is 1. The fraction of sp³-hybridized carbons (Fsp3) is 0.692. The molecule has 0 saturated heterocycles. The first-order chi connectivity index (χ1) is 10.5. The average molecular weight is 330 g/mol. The standard InChI is InChI=1S/C13H22N4O4S/c1-2-21-13(18)10-8-15-16-12(10)22(19,20)17-11-6-4-3-5-9(11)7-14/h8-9,11,17H,2-7,14H2,1H3,(H,15,16). The molecule has 0 aromatic carbocycles. The van der Waals surface area contributed by atoms with Crippen molar-refractivity contribution in [2.75, 3.05) is 13.2 Å². The molecule has 1 heterocycles. The number of esters is 1. The minimum absolute atomic E-state index is 0.0885. The number of nitrogens with one attached hydrogen (secondary N) is 2. The number of H-pyrrole nitrogens is 1. The summed E-state index contributed by atoms with van der Waals surface area (Å²) in [4.78, 5) is 11.8. The van der Waals surface area contributed by atoms with Gasteiger partial charge in [-0.15, -0.1) is 0 Å². The van der Waals surface area contributed by atoms with Gasteiger partial charge in [0.05, 0.1) is 12.8 Å². The smallest absolute Gasteiger partial charge is 0.342 e. The van der Waals surface area contributed by atoms with E-state index in [0.29, 0.717) is 6.54 Å². The Balaban J connectivity index is 2.20. The number of aromatic nitrogens is 2. The molecule has 0 aliphatic heterocycles. The van der Waals surface area contributed by atoms with Crippen LogP contribution in [0.4, 0.5) is 0 Å². The number of aromatic amines is 1. The maximum absolute atomic E-state index is 12.5. The van der Waals surface area contributed by atoms with Gasteiger partial charge in [-0.2, -0.15) is 5.10 Å². The molecule has 1 aliphatic carbocycles. The van der Waals surface area contributed by atoms with Gasteiger partial charge in [-0.05, 0) is 32.2 Å². The molecule has 2 atom stereocenters. The summed E-state index contributed by atoms with van der Waals surface area (Å²) < 4.78 is 32.5. The normalized spacial score (nSPS) is 22.5. The molecule has 4 N–H and O–H groups in total. The van der Waals surface area contributed by atoms with Crippen molar-refractivity contribution in [3.05, 3.63) is 11.8 Å². The van der Waals surface area contributed by atoms with Gasteiger partial charge < -0.3 is 10.5 Å². The Morgan fingerprint density at radius 3 is 2.91 bits per heavy atom. The van der Waals surface area contributed by atoms with Crippen molar-refractivity contribution < 1.29 is 17.9 Å². The molecule has 124 valence electrons. The summed E-state index contributed by atoms with van der Waals surface area (Å²) in [7, 11) is -3.88. The molecule has 8 nitrogen and oxygen atoms in total. The van der Waals surface area contributed by atoms with Crippen molar-refractivity contribution in [2.24, 2.45) is 11.7 Å². The molecule has 0 radical (unpaired) electrons. The monoisotopic (exact) mass is 330 g/mol. The first-order valence-corrected chi connectivity index (χ1v) is 8.90. The molecule has 1 aromatic heterocycles. The Hall–Kier alpha value is -1.45. The fourth-order valence-electron chi connectivity index (χ4n) is 2.74. The first kappa shape index (κ1) is 16.9. The zero-order chi connectivity index (χ0) is 16.2. The van der Waals surface area contributed by atoms with Crippen LogP contribution in [0.2, 0.25) is 0 Å². The maximum Gasteiger partial charge on any atom is 0.342 e. The lowest BCUT2D eigenvalue weighted by Crippen LogP contribution is -2.45. The van der Waals surface area contributed by atoms with Crippen LogP contribution in [0.15, 0.2) is 11.2 Å². The topological polar surface area (TPSA) is 127 Å². The highest BCUT2D eigenvalue weighted by molar-refractivity contribution is 7.89. The van der Waals surface area contributed by atoms with E-state index in [-0.39, 0.29) is 29.2 Å². The number of sulfonamides is 1. The van der Waals surface area contributed by atoms with Gasteiger partial charge in [0.1, 0.15) is 5.56 Å². The molecule has 1 fully saturated rings. The largest absolute Gasteiger partial charge is 0.462 e. The summed E-state index contributed by atoms with van der Waals surface area (Å²) in [6, 6.07) is -0.220. The Morgan fingerprint density at radius 1 is 1.50 bits per heavy atom. The lowest BCUT2D eigenvalue weighted by Gasteiger charge is -2.30. The van der Waals surface area contributed by atoms with Gasteiger partial charge in [-0.25, -0.2) is 17.9 Å². The molecule has 22 heavy (non-hydrogen) atoms. The molecule has 0 amide bonds. The van der Waals surface area contributed by atoms with Gasteiger partial charge in [0.15, 0.2) is 5.03 Å². The van der Waals surface area contributed by atoms with Gasteiger partial charge >= 0.3 is 5.97 Å². The SMILES string of the molecule is CCOC(=O)c1cn[nH]c1S(=O)(=O)NC1CCCCC1CN. The predicted octanol–water partition coefficient (Wildman–Crippen LogP) is 0.382. The highest BCUT2D eigenvalue weighted by atomic mass is 32.2. The van der Waals surface area contributed by atoms with Gasteiger partial charge in [0.25, 0.3) is 10.0 Å². The van der Waals surface area contributed by atoms with Gasteiger partial charge in [0, 0.05) is 6.04 Å². The minimum Gasteiger partial charge on any atom is -0.462 e. The highest BCUT2D eigenvalue weighted by Gasteiger charge is 2.32. The van der Waals surface area contributed by atoms with Gasteiger partial charge in [-0.3, -0.25) is 5.10 Å². The molecule has 1 saturated carbocycles. The average Bonchev–Trinajstić information content (AvgIpc) is 2.98. The molecular formula is C13H22N4O4S. The second-order valence-corrected chi connectivity index (χ2v) is 6.99. The van der Waals surface area contributed by atoms with Crippen LogP contribution in [0.1, 0.15) is 43.0 Å². The zero-order valence-electron chi connectivity index (χ0n) is 12.5. The van der Waals surface area contributed by atoms with Crippen LogP contribution in [0.25, 0.3) is 0 Å². The van der Waals surface area contributed by atoms with E-state index in [2.05, 4.69) is 14.9 Å². The van der Waals surface area contributed by atoms with Crippen molar-refractivity contribution in [1.29, 1.82) is 0 Å². The Kier molecular flexibility index (Phi) is 5.54. The van der Waals surface area contributed by atoms with Crippen LogP contribution in [0.5, 0.6) is 0 Å². The third kappa shape index (κ3) is 3.65. The first-order valence-electron chi connectivity index (χ1n) is 7.42. The molecule has 1 aliphatic rings. The van der Waals surface area contributed by atoms with Crippen LogP contribution in [-0.4, -0.2) is 43.8 Å².